The zero-order valence-corrected chi connectivity index (χ0v) is 16.2. The number of hydrogen-bond donors (Lipinski definition) is 1. The first-order valence-electron chi connectivity index (χ1n) is 8.33. The summed E-state index contributed by atoms with van der Waals surface area (Å²) in [7, 11) is -3.59. The maximum absolute atomic E-state index is 13.1. The summed E-state index contributed by atoms with van der Waals surface area (Å²) in [5.74, 6) is 0.458. The number of fused-ring (bicyclic) bond motifs is 1. The Morgan fingerprint density at radius 1 is 1.12 bits per heavy atom. The third kappa shape index (κ3) is 3.22. The van der Waals surface area contributed by atoms with E-state index in [1.54, 1.807) is 18.2 Å². The molecule has 5 nitrogen and oxygen atoms in total. The van der Waals surface area contributed by atoms with Crippen molar-refractivity contribution in [3.05, 3.63) is 63.9 Å². The minimum absolute atomic E-state index is 0.220. The average Bonchev–Trinajstić information content (AvgIpc) is 3.24. The molecule has 4 rings (SSSR count). The quantitative estimate of drug-likeness (QED) is 0.687. The number of nitrogens with one attached hydrogen (secondary N) is 1. The van der Waals surface area contributed by atoms with Gasteiger partial charge in [-0.25, -0.2) is 13.4 Å². The van der Waals surface area contributed by atoms with Crippen molar-refractivity contribution in [2.45, 2.75) is 24.6 Å². The van der Waals surface area contributed by atoms with Crippen molar-refractivity contribution in [3.63, 3.8) is 0 Å². The summed E-state index contributed by atoms with van der Waals surface area (Å²) < 4.78 is 27.7. The Balaban J connectivity index is 1.67. The highest BCUT2D eigenvalue weighted by atomic mass is 35.5. The second kappa shape index (κ2) is 6.85. The average molecular weight is 410 g/mol. The van der Waals surface area contributed by atoms with Crippen LogP contribution >= 0.6 is 23.2 Å². The molecule has 0 saturated carbocycles. The number of aromatic amines is 1. The zero-order valence-electron chi connectivity index (χ0n) is 13.8. The molecule has 0 radical (unpaired) electrons. The van der Waals surface area contributed by atoms with Gasteiger partial charge in [0.1, 0.15) is 5.82 Å². The number of sulfonamides is 1. The van der Waals surface area contributed by atoms with Crippen LogP contribution in [0.3, 0.4) is 0 Å². The fraction of sp³-hybridized carbons (Fsp3) is 0.278. The number of imidazole rings is 1. The topological polar surface area (TPSA) is 66.1 Å². The summed E-state index contributed by atoms with van der Waals surface area (Å²) in [6.45, 7) is 0.464. The van der Waals surface area contributed by atoms with E-state index in [2.05, 4.69) is 9.97 Å². The zero-order chi connectivity index (χ0) is 18.3. The van der Waals surface area contributed by atoms with Gasteiger partial charge in [-0.1, -0.05) is 41.4 Å². The molecule has 2 aromatic carbocycles. The monoisotopic (exact) mass is 409 g/mol. The molecule has 0 amide bonds. The first-order chi connectivity index (χ1) is 12.5. The molecule has 1 aliphatic rings. The molecule has 1 atom stereocenters. The van der Waals surface area contributed by atoms with Gasteiger partial charge < -0.3 is 4.98 Å². The van der Waals surface area contributed by atoms with E-state index in [1.165, 1.54) is 4.31 Å². The molecule has 1 aromatic heterocycles. The third-order valence-corrected chi connectivity index (χ3v) is 7.19. The van der Waals surface area contributed by atoms with Crippen molar-refractivity contribution >= 4 is 44.3 Å². The SMILES string of the molecule is O=S(=O)(Cc1c(Cl)cccc1Cl)N1CCCC1c1nc2ccccc2[nH]1. The fourth-order valence-electron chi connectivity index (χ4n) is 3.41. The van der Waals surface area contributed by atoms with Gasteiger partial charge in [-0.05, 0) is 37.1 Å². The molecule has 0 bridgehead atoms. The molecule has 26 heavy (non-hydrogen) atoms. The van der Waals surface area contributed by atoms with E-state index in [1.807, 2.05) is 24.3 Å². The highest BCUT2D eigenvalue weighted by molar-refractivity contribution is 7.88. The van der Waals surface area contributed by atoms with E-state index in [0.29, 0.717) is 28.0 Å². The lowest BCUT2D eigenvalue weighted by Crippen LogP contribution is -2.32. The maximum Gasteiger partial charge on any atom is 0.219 e. The van der Waals surface area contributed by atoms with Gasteiger partial charge in [0.2, 0.25) is 10.0 Å². The van der Waals surface area contributed by atoms with Gasteiger partial charge in [-0.2, -0.15) is 4.31 Å². The number of aromatic nitrogens is 2. The summed E-state index contributed by atoms with van der Waals surface area (Å²) in [5.41, 5.74) is 2.17. The molecule has 1 aliphatic heterocycles. The van der Waals surface area contributed by atoms with Gasteiger partial charge >= 0.3 is 0 Å². The number of para-hydroxylation sites is 2. The summed E-state index contributed by atoms with van der Waals surface area (Å²) in [6.07, 6.45) is 1.52. The van der Waals surface area contributed by atoms with Crippen LogP contribution < -0.4 is 0 Å². The smallest absolute Gasteiger partial charge is 0.219 e. The van der Waals surface area contributed by atoms with E-state index >= 15 is 0 Å². The van der Waals surface area contributed by atoms with Gasteiger partial charge in [0, 0.05) is 22.2 Å². The van der Waals surface area contributed by atoms with Crippen LogP contribution in [0.5, 0.6) is 0 Å². The fourth-order valence-corrected chi connectivity index (χ4v) is 5.94. The molecule has 136 valence electrons. The van der Waals surface area contributed by atoms with Crippen LogP contribution in [0.2, 0.25) is 10.0 Å². The normalized spacial score (nSPS) is 18.6. The number of nitrogens with zero attached hydrogens (tertiary/aromatic N) is 2. The van der Waals surface area contributed by atoms with Crippen molar-refractivity contribution < 1.29 is 8.42 Å². The van der Waals surface area contributed by atoms with Crippen molar-refractivity contribution in [3.8, 4) is 0 Å². The highest BCUT2D eigenvalue weighted by Gasteiger charge is 2.37. The lowest BCUT2D eigenvalue weighted by Gasteiger charge is -2.23. The van der Waals surface area contributed by atoms with Crippen LogP contribution in [0.15, 0.2) is 42.5 Å². The van der Waals surface area contributed by atoms with Crippen molar-refractivity contribution in [2.75, 3.05) is 6.54 Å². The standard InChI is InChI=1S/C18H17Cl2N3O2S/c19-13-5-3-6-14(20)12(13)11-26(24,25)23-10-4-9-17(23)18-21-15-7-1-2-8-16(15)22-18/h1-3,5-8,17H,4,9-11H2,(H,21,22). The van der Waals surface area contributed by atoms with Crippen molar-refractivity contribution in [2.24, 2.45) is 0 Å². The number of hydrogen-bond acceptors (Lipinski definition) is 3. The summed E-state index contributed by atoms with van der Waals surface area (Å²) >= 11 is 12.3. The van der Waals surface area contributed by atoms with Crippen LogP contribution in [-0.4, -0.2) is 29.2 Å². The van der Waals surface area contributed by atoms with Gasteiger partial charge in [0.15, 0.2) is 0 Å². The predicted octanol–water partition coefficient (Wildman–Crippen LogP) is 4.54. The van der Waals surface area contributed by atoms with Crippen LogP contribution in [0, 0.1) is 0 Å². The summed E-state index contributed by atoms with van der Waals surface area (Å²) in [6, 6.07) is 12.4. The molecular formula is C18H17Cl2N3O2S. The Bertz CT molecular complexity index is 1010. The van der Waals surface area contributed by atoms with Crippen LogP contribution in [0.4, 0.5) is 0 Å². The molecule has 3 aromatic rings. The predicted molar refractivity (Wildman–Crippen MR) is 104 cm³/mol. The van der Waals surface area contributed by atoms with E-state index in [0.717, 1.165) is 23.9 Å². The largest absolute Gasteiger partial charge is 0.341 e. The maximum atomic E-state index is 13.1. The van der Waals surface area contributed by atoms with E-state index in [4.69, 9.17) is 23.2 Å². The molecule has 0 spiro atoms. The number of H-pyrrole nitrogens is 1. The number of benzene rings is 2. The van der Waals surface area contributed by atoms with E-state index in [9.17, 15) is 8.42 Å². The minimum atomic E-state index is -3.59. The first kappa shape index (κ1) is 17.8. The molecule has 1 unspecified atom stereocenters. The lowest BCUT2D eigenvalue weighted by atomic mass is 10.2. The van der Waals surface area contributed by atoms with E-state index in [-0.39, 0.29) is 11.8 Å². The van der Waals surface area contributed by atoms with Crippen molar-refractivity contribution in [1.82, 2.24) is 14.3 Å². The van der Waals surface area contributed by atoms with Crippen LogP contribution in [0.1, 0.15) is 30.3 Å². The Morgan fingerprint density at radius 3 is 2.58 bits per heavy atom. The van der Waals surface area contributed by atoms with Gasteiger partial charge in [-0.3, -0.25) is 0 Å². The molecule has 2 heterocycles. The summed E-state index contributed by atoms with van der Waals surface area (Å²) in [5, 5.41) is 0.723. The second-order valence-corrected chi connectivity index (χ2v) is 9.10. The van der Waals surface area contributed by atoms with E-state index < -0.39 is 10.0 Å². The van der Waals surface area contributed by atoms with Gasteiger partial charge in [0.25, 0.3) is 0 Å². The molecule has 1 fully saturated rings. The summed E-state index contributed by atoms with van der Waals surface area (Å²) in [4.78, 5) is 7.84. The minimum Gasteiger partial charge on any atom is -0.341 e. The Labute approximate surface area is 162 Å². The molecule has 8 heteroatoms. The Morgan fingerprint density at radius 2 is 1.85 bits per heavy atom. The third-order valence-electron chi connectivity index (χ3n) is 4.67. The lowest BCUT2D eigenvalue weighted by molar-refractivity contribution is 0.385. The van der Waals surface area contributed by atoms with Crippen LogP contribution in [0.25, 0.3) is 11.0 Å². The molecule has 1 N–H and O–H groups in total. The Kier molecular flexibility index (Phi) is 4.69. The second-order valence-electron chi connectivity index (χ2n) is 6.36. The number of halogens is 2. The van der Waals surface area contributed by atoms with Crippen LogP contribution in [-0.2, 0) is 15.8 Å². The molecular weight excluding hydrogens is 393 g/mol. The van der Waals surface area contributed by atoms with Gasteiger partial charge in [0.05, 0.1) is 22.8 Å². The van der Waals surface area contributed by atoms with Gasteiger partial charge in [-0.15, -0.1) is 0 Å². The first-order valence-corrected chi connectivity index (χ1v) is 10.7. The molecule has 1 saturated heterocycles. The molecule has 0 aliphatic carbocycles. The number of rotatable bonds is 4. The van der Waals surface area contributed by atoms with Crippen molar-refractivity contribution in [1.29, 1.82) is 0 Å². The Hall–Kier alpha value is -1.60. The highest BCUT2D eigenvalue weighted by Crippen LogP contribution is 2.36.